The largest absolute Gasteiger partial charge is 0.383 e. The predicted octanol–water partition coefficient (Wildman–Crippen LogP) is 3.04. The summed E-state index contributed by atoms with van der Waals surface area (Å²) in [5.74, 6) is -0.118. The Kier molecular flexibility index (Phi) is 7.26. The van der Waals surface area contributed by atoms with E-state index in [1.807, 2.05) is 42.5 Å². The molecule has 2 rings (SSSR count). The van der Waals surface area contributed by atoms with Crippen molar-refractivity contribution in [1.82, 2.24) is 0 Å². The molecule has 24 heavy (non-hydrogen) atoms. The van der Waals surface area contributed by atoms with Crippen molar-refractivity contribution < 1.29 is 14.3 Å². The Balaban J connectivity index is 2.09. The van der Waals surface area contributed by atoms with Crippen LogP contribution in [-0.4, -0.2) is 46.4 Å². The molecule has 1 N–H and O–H groups in total. The standard InChI is InChI=1S/C19H24N2O3/c1-23-13-11-21(12-14-24-2)18-10-6-9-17(15-18)20-19(22)16-7-4-3-5-8-16/h3-10,15H,11-14H2,1-2H3,(H,20,22). The number of nitrogens with zero attached hydrogens (tertiary/aromatic N) is 1. The molecule has 0 spiro atoms. The third-order valence-corrected chi connectivity index (χ3v) is 3.64. The second kappa shape index (κ2) is 9.70. The van der Waals surface area contributed by atoms with Crippen molar-refractivity contribution in [2.45, 2.75) is 0 Å². The second-order valence-corrected chi connectivity index (χ2v) is 5.34. The van der Waals surface area contributed by atoms with Crippen LogP contribution in [0.1, 0.15) is 10.4 Å². The van der Waals surface area contributed by atoms with E-state index in [4.69, 9.17) is 9.47 Å². The topological polar surface area (TPSA) is 50.8 Å². The first kappa shape index (κ1) is 18.0. The number of methoxy groups -OCH3 is 2. The molecule has 1 amide bonds. The van der Waals surface area contributed by atoms with Crippen molar-refractivity contribution in [1.29, 1.82) is 0 Å². The van der Waals surface area contributed by atoms with E-state index in [2.05, 4.69) is 10.2 Å². The van der Waals surface area contributed by atoms with Gasteiger partial charge >= 0.3 is 0 Å². The molecule has 0 aliphatic heterocycles. The zero-order valence-electron chi connectivity index (χ0n) is 14.2. The number of rotatable bonds is 9. The smallest absolute Gasteiger partial charge is 0.255 e. The first-order chi connectivity index (χ1) is 11.7. The van der Waals surface area contributed by atoms with Gasteiger partial charge in [0.05, 0.1) is 13.2 Å². The molecule has 0 heterocycles. The van der Waals surface area contributed by atoms with Gasteiger partial charge < -0.3 is 19.7 Å². The molecule has 0 saturated carbocycles. The number of hydrogen-bond acceptors (Lipinski definition) is 4. The van der Waals surface area contributed by atoms with Gasteiger partial charge in [-0.25, -0.2) is 0 Å². The summed E-state index contributed by atoms with van der Waals surface area (Å²) in [4.78, 5) is 14.4. The summed E-state index contributed by atoms with van der Waals surface area (Å²) < 4.78 is 10.3. The number of anilines is 2. The van der Waals surface area contributed by atoms with Crippen LogP contribution in [0.4, 0.5) is 11.4 Å². The first-order valence-corrected chi connectivity index (χ1v) is 7.94. The number of ether oxygens (including phenoxy) is 2. The molecule has 0 radical (unpaired) electrons. The highest BCUT2D eigenvalue weighted by Gasteiger charge is 2.09. The lowest BCUT2D eigenvalue weighted by Gasteiger charge is -2.24. The summed E-state index contributed by atoms with van der Waals surface area (Å²) in [6.45, 7) is 2.78. The normalized spacial score (nSPS) is 10.4. The van der Waals surface area contributed by atoms with Crippen LogP contribution in [0.15, 0.2) is 54.6 Å². The molecule has 5 nitrogen and oxygen atoms in total. The third kappa shape index (κ3) is 5.37. The van der Waals surface area contributed by atoms with E-state index in [0.717, 1.165) is 24.5 Å². The minimum Gasteiger partial charge on any atom is -0.383 e. The van der Waals surface area contributed by atoms with E-state index < -0.39 is 0 Å². The molecule has 0 unspecified atom stereocenters. The number of carbonyl (C=O) groups excluding carboxylic acids is 1. The highest BCUT2D eigenvalue weighted by molar-refractivity contribution is 6.04. The summed E-state index contributed by atoms with van der Waals surface area (Å²) in [6, 6.07) is 17.0. The van der Waals surface area contributed by atoms with Crippen molar-refractivity contribution >= 4 is 17.3 Å². The van der Waals surface area contributed by atoms with Gasteiger partial charge in [0, 0.05) is 44.2 Å². The molecular formula is C19H24N2O3. The maximum atomic E-state index is 12.3. The van der Waals surface area contributed by atoms with Crippen molar-refractivity contribution in [3.63, 3.8) is 0 Å². The van der Waals surface area contributed by atoms with Gasteiger partial charge in [-0.15, -0.1) is 0 Å². The predicted molar refractivity (Wildman–Crippen MR) is 96.8 cm³/mol. The number of benzene rings is 2. The van der Waals surface area contributed by atoms with Crippen LogP contribution in [-0.2, 0) is 9.47 Å². The lowest BCUT2D eigenvalue weighted by atomic mass is 10.2. The summed E-state index contributed by atoms with van der Waals surface area (Å²) in [5, 5.41) is 2.94. The monoisotopic (exact) mass is 328 g/mol. The van der Waals surface area contributed by atoms with E-state index in [1.54, 1.807) is 26.4 Å². The minimum absolute atomic E-state index is 0.118. The van der Waals surface area contributed by atoms with Gasteiger partial charge in [-0.1, -0.05) is 24.3 Å². The van der Waals surface area contributed by atoms with E-state index in [-0.39, 0.29) is 5.91 Å². The Morgan fingerprint density at radius 1 is 0.958 bits per heavy atom. The van der Waals surface area contributed by atoms with Gasteiger partial charge in [0.2, 0.25) is 0 Å². The van der Waals surface area contributed by atoms with Crippen molar-refractivity contribution in [3.05, 3.63) is 60.2 Å². The fourth-order valence-corrected chi connectivity index (χ4v) is 2.35. The minimum atomic E-state index is -0.118. The van der Waals surface area contributed by atoms with E-state index in [0.29, 0.717) is 18.8 Å². The van der Waals surface area contributed by atoms with Crippen molar-refractivity contribution in [2.75, 3.05) is 50.7 Å². The molecule has 0 aliphatic rings. The summed E-state index contributed by atoms with van der Waals surface area (Å²) in [7, 11) is 3.37. The van der Waals surface area contributed by atoms with Crippen LogP contribution >= 0.6 is 0 Å². The van der Waals surface area contributed by atoms with Crippen LogP contribution in [0, 0.1) is 0 Å². The van der Waals surface area contributed by atoms with E-state index in [9.17, 15) is 4.79 Å². The summed E-state index contributed by atoms with van der Waals surface area (Å²) >= 11 is 0. The van der Waals surface area contributed by atoms with Crippen LogP contribution in [0.2, 0.25) is 0 Å². The lowest BCUT2D eigenvalue weighted by Crippen LogP contribution is -2.30. The fourth-order valence-electron chi connectivity index (χ4n) is 2.35. The molecule has 128 valence electrons. The molecule has 0 atom stereocenters. The molecule has 0 aliphatic carbocycles. The van der Waals surface area contributed by atoms with Crippen LogP contribution in [0.3, 0.4) is 0 Å². The zero-order chi connectivity index (χ0) is 17.2. The molecule has 0 saturated heterocycles. The molecular weight excluding hydrogens is 304 g/mol. The molecule has 0 bridgehead atoms. The third-order valence-electron chi connectivity index (χ3n) is 3.64. The SMILES string of the molecule is COCCN(CCOC)c1cccc(NC(=O)c2ccccc2)c1. The van der Waals surface area contributed by atoms with Crippen LogP contribution < -0.4 is 10.2 Å². The van der Waals surface area contributed by atoms with Gasteiger partial charge in [0.25, 0.3) is 5.91 Å². The zero-order valence-corrected chi connectivity index (χ0v) is 14.2. The second-order valence-electron chi connectivity index (χ2n) is 5.34. The van der Waals surface area contributed by atoms with E-state index in [1.165, 1.54) is 0 Å². The lowest BCUT2D eigenvalue weighted by molar-refractivity contribution is 0.102. The van der Waals surface area contributed by atoms with Crippen LogP contribution in [0.5, 0.6) is 0 Å². The summed E-state index contributed by atoms with van der Waals surface area (Å²) in [6.07, 6.45) is 0. The molecule has 5 heteroatoms. The van der Waals surface area contributed by atoms with Gasteiger partial charge in [-0.05, 0) is 30.3 Å². The molecule has 0 aromatic heterocycles. The van der Waals surface area contributed by atoms with Gasteiger partial charge in [-0.3, -0.25) is 4.79 Å². The Morgan fingerprint density at radius 3 is 2.25 bits per heavy atom. The van der Waals surface area contributed by atoms with Gasteiger partial charge in [0.15, 0.2) is 0 Å². The van der Waals surface area contributed by atoms with Crippen molar-refractivity contribution in [2.24, 2.45) is 0 Å². The Bertz CT molecular complexity index is 624. The number of carbonyl (C=O) groups is 1. The number of nitrogens with one attached hydrogen (secondary N) is 1. The molecule has 0 fully saturated rings. The molecule has 2 aromatic carbocycles. The summed E-state index contributed by atoms with van der Waals surface area (Å²) in [5.41, 5.74) is 2.43. The average molecular weight is 328 g/mol. The maximum absolute atomic E-state index is 12.3. The van der Waals surface area contributed by atoms with Gasteiger partial charge in [-0.2, -0.15) is 0 Å². The van der Waals surface area contributed by atoms with E-state index >= 15 is 0 Å². The molecule has 2 aromatic rings. The number of amides is 1. The van der Waals surface area contributed by atoms with Gasteiger partial charge in [0.1, 0.15) is 0 Å². The maximum Gasteiger partial charge on any atom is 0.255 e. The Labute approximate surface area is 143 Å². The Hall–Kier alpha value is -2.37. The fraction of sp³-hybridized carbons (Fsp3) is 0.316. The average Bonchev–Trinajstić information content (AvgIpc) is 2.63. The first-order valence-electron chi connectivity index (χ1n) is 7.94. The highest BCUT2D eigenvalue weighted by Crippen LogP contribution is 2.20. The quantitative estimate of drug-likeness (QED) is 0.769. The van der Waals surface area contributed by atoms with Crippen molar-refractivity contribution in [3.8, 4) is 0 Å². The number of hydrogen-bond donors (Lipinski definition) is 1. The highest BCUT2D eigenvalue weighted by atomic mass is 16.5. The van der Waals surface area contributed by atoms with Crippen LogP contribution in [0.25, 0.3) is 0 Å². The Morgan fingerprint density at radius 2 is 1.62 bits per heavy atom.